The average molecular weight is 341 g/mol. The summed E-state index contributed by atoms with van der Waals surface area (Å²) in [6.07, 6.45) is 19.5. The van der Waals surface area contributed by atoms with E-state index in [0.717, 1.165) is 12.8 Å². The lowest BCUT2D eigenvalue weighted by molar-refractivity contribution is 0.114. The monoisotopic (exact) mass is 340 g/mol. The second-order valence-electron chi connectivity index (χ2n) is 6.37. The zero-order valence-electron chi connectivity index (χ0n) is 15.6. The van der Waals surface area contributed by atoms with Crippen molar-refractivity contribution in [3.05, 3.63) is 23.8 Å². The van der Waals surface area contributed by atoms with Crippen LogP contribution in [0.25, 0.3) is 0 Å². The molecule has 0 spiro atoms. The van der Waals surface area contributed by atoms with Crippen molar-refractivity contribution >= 4 is 8.80 Å². The Bertz CT molecular complexity index is 353. The molecule has 3 nitrogen and oxygen atoms in total. The average Bonchev–Trinajstić information content (AvgIpc) is 3.11. The molecule has 4 heteroatoms. The summed E-state index contributed by atoms with van der Waals surface area (Å²) in [6.45, 7) is 2.27. The third-order valence-electron chi connectivity index (χ3n) is 4.83. The molecule has 0 fully saturated rings. The lowest BCUT2D eigenvalue weighted by Gasteiger charge is -2.33. The summed E-state index contributed by atoms with van der Waals surface area (Å²) in [5.74, 6) is 0. The molecule has 0 radical (unpaired) electrons. The van der Waals surface area contributed by atoms with Gasteiger partial charge in [-0.25, -0.2) is 0 Å². The maximum Gasteiger partial charge on any atom is 0.508 e. The van der Waals surface area contributed by atoms with Crippen LogP contribution in [0, 0.1) is 0 Å². The topological polar surface area (TPSA) is 27.7 Å². The number of hydrogen-bond donors (Lipinski definition) is 0. The Morgan fingerprint density at radius 3 is 1.96 bits per heavy atom. The van der Waals surface area contributed by atoms with Crippen molar-refractivity contribution < 1.29 is 13.3 Å². The van der Waals surface area contributed by atoms with Gasteiger partial charge in [0, 0.05) is 21.3 Å². The highest BCUT2D eigenvalue weighted by Crippen LogP contribution is 2.38. The van der Waals surface area contributed by atoms with E-state index < -0.39 is 8.80 Å². The molecule has 0 aliphatic heterocycles. The molecule has 1 unspecified atom stereocenters. The summed E-state index contributed by atoms with van der Waals surface area (Å²) in [7, 11) is 2.55. The molecule has 0 saturated carbocycles. The molecule has 0 N–H and O–H groups in total. The van der Waals surface area contributed by atoms with Gasteiger partial charge in [0.25, 0.3) is 0 Å². The zero-order chi connectivity index (χ0) is 17.0. The summed E-state index contributed by atoms with van der Waals surface area (Å²) in [5, 5.41) is 0. The van der Waals surface area contributed by atoms with Gasteiger partial charge in [-0.3, -0.25) is 0 Å². The van der Waals surface area contributed by atoms with E-state index >= 15 is 0 Å². The van der Waals surface area contributed by atoms with Gasteiger partial charge >= 0.3 is 8.80 Å². The molecule has 0 bridgehead atoms. The molecule has 0 amide bonds. The Labute approximate surface area is 144 Å². The van der Waals surface area contributed by atoms with E-state index in [1.165, 1.54) is 56.9 Å². The van der Waals surface area contributed by atoms with Gasteiger partial charge in [0.05, 0.1) is 5.54 Å². The SMILES string of the molecule is CCCCCCCCCCC(C1=CCC=C1)[Si](OC)(OC)OC. The van der Waals surface area contributed by atoms with Crippen LogP contribution >= 0.6 is 0 Å². The van der Waals surface area contributed by atoms with Crippen molar-refractivity contribution in [1.82, 2.24) is 0 Å². The smallest absolute Gasteiger partial charge is 0.376 e. The highest BCUT2D eigenvalue weighted by atomic mass is 28.4. The van der Waals surface area contributed by atoms with Crippen LogP contribution in [-0.2, 0) is 13.3 Å². The Balaban J connectivity index is 2.44. The second kappa shape index (κ2) is 12.0. The van der Waals surface area contributed by atoms with Crippen molar-refractivity contribution in [3.8, 4) is 0 Å². The van der Waals surface area contributed by atoms with Gasteiger partial charge in [0.2, 0.25) is 0 Å². The third-order valence-corrected chi connectivity index (χ3v) is 8.01. The Morgan fingerprint density at radius 1 is 0.913 bits per heavy atom. The van der Waals surface area contributed by atoms with E-state index in [1.54, 1.807) is 21.3 Å². The predicted molar refractivity (Wildman–Crippen MR) is 99.6 cm³/mol. The normalized spacial score (nSPS) is 15.9. The first-order chi connectivity index (χ1) is 11.2. The molecule has 134 valence electrons. The fourth-order valence-corrected chi connectivity index (χ4v) is 5.97. The van der Waals surface area contributed by atoms with Crippen LogP contribution in [0.4, 0.5) is 0 Å². The highest BCUT2D eigenvalue weighted by Gasteiger charge is 2.48. The van der Waals surface area contributed by atoms with Gasteiger partial charge < -0.3 is 13.3 Å². The van der Waals surface area contributed by atoms with Crippen molar-refractivity contribution in [3.63, 3.8) is 0 Å². The van der Waals surface area contributed by atoms with Crippen molar-refractivity contribution in [1.29, 1.82) is 0 Å². The van der Waals surface area contributed by atoms with Gasteiger partial charge in [-0.05, 0) is 18.4 Å². The minimum atomic E-state index is -2.62. The van der Waals surface area contributed by atoms with Crippen molar-refractivity contribution in [2.75, 3.05) is 21.3 Å². The lowest BCUT2D eigenvalue weighted by Crippen LogP contribution is -2.48. The number of rotatable bonds is 14. The summed E-state index contributed by atoms with van der Waals surface area (Å²) in [6, 6.07) is 0. The third kappa shape index (κ3) is 6.53. The van der Waals surface area contributed by atoms with Crippen molar-refractivity contribution in [2.45, 2.75) is 76.7 Å². The van der Waals surface area contributed by atoms with Crippen LogP contribution in [0.3, 0.4) is 0 Å². The molecule has 0 saturated heterocycles. The molecule has 1 aliphatic rings. The molecule has 0 aromatic carbocycles. The van der Waals surface area contributed by atoms with E-state index in [1.807, 2.05) is 0 Å². The Morgan fingerprint density at radius 2 is 1.48 bits per heavy atom. The molecular weight excluding hydrogens is 304 g/mol. The van der Waals surface area contributed by atoms with Gasteiger partial charge in [-0.1, -0.05) is 76.5 Å². The predicted octanol–water partition coefficient (Wildman–Crippen LogP) is 5.65. The second-order valence-corrected chi connectivity index (χ2v) is 9.50. The number of allylic oxidation sites excluding steroid dienone is 4. The molecule has 0 aromatic heterocycles. The van der Waals surface area contributed by atoms with Crippen LogP contribution in [0.5, 0.6) is 0 Å². The summed E-state index contributed by atoms with van der Waals surface area (Å²) >= 11 is 0. The van der Waals surface area contributed by atoms with Crippen LogP contribution in [-0.4, -0.2) is 30.1 Å². The van der Waals surface area contributed by atoms with Gasteiger partial charge in [0.15, 0.2) is 0 Å². The molecule has 1 atom stereocenters. The largest absolute Gasteiger partial charge is 0.508 e. The molecule has 23 heavy (non-hydrogen) atoms. The van der Waals surface area contributed by atoms with Crippen LogP contribution < -0.4 is 0 Å². The van der Waals surface area contributed by atoms with Crippen LogP contribution in [0.15, 0.2) is 23.8 Å². The maximum atomic E-state index is 5.75. The standard InChI is InChI=1S/C19H36O3Si/c1-5-6-7-8-9-10-11-12-17-19(18-15-13-14-16-18)23(20-2,21-3)22-4/h13,15-16,19H,5-12,14,17H2,1-4H3. The minimum Gasteiger partial charge on any atom is -0.376 e. The first-order valence-electron chi connectivity index (χ1n) is 9.26. The quantitative estimate of drug-likeness (QED) is 0.302. The Hall–Kier alpha value is -0.423. The zero-order valence-corrected chi connectivity index (χ0v) is 16.6. The van der Waals surface area contributed by atoms with E-state index in [-0.39, 0.29) is 5.54 Å². The molecule has 0 heterocycles. The van der Waals surface area contributed by atoms with Gasteiger partial charge in [-0.2, -0.15) is 0 Å². The fraction of sp³-hybridized carbons (Fsp3) is 0.789. The highest BCUT2D eigenvalue weighted by molar-refractivity contribution is 6.63. The minimum absolute atomic E-state index is 0.265. The molecule has 0 aromatic rings. The summed E-state index contributed by atoms with van der Waals surface area (Å²) < 4.78 is 17.3. The van der Waals surface area contributed by atoms with Crippen molar-refractivity contribution in [2.24, 2.45) is 0 Å². The lowest BCUT2D eigenvalue weighted by atomic mass is 10.0. The summed E-state index contributed by atoms with van der Waals surface area (Å²) in [4.78, 5) is 0. The number of hydrogen-bond acceptors (Lipinski definition) is 3. The van der Waals surface area contributed by atoms with Crippen LogP contribution in [0.2, 0.25) is 5.54 Å². The van der Waals surface area contributed by atoms with E-state index in [9.17, 15) is 0 Å². The van der Waals surface area contributed by atoms with Gasteiger partial charge in [0.1, 0.15) is 0 Å². The van der Waals surface area contributed by atoms with Crippen LogP contribution in [0.1, 0.15) is 71.1 Å². The first-order valence-corrected chi connectivity index (χ1v) is 11.1. The maximum absolute atomic E-state index is 5.75. The first kappa shape index (κ1) is 20.6. The number of unbranched alkanes of at least 4 members (excludes halogenated alkanes) is 7. The van der Waals surface area contributed by atoms with Gasteiger partial charge in [-0.15, -0.1) is 0 Å². The fourth-order valence-electron chi connectivity index (χ4n) is 3.44. The Kier molecular flexibility index (Phi) is 10.8. The van der Waals surface area contributed by atoms with E-state index in [4.69, 9.17) is 13.3 Å². The van der Waals surface area contributed by atoms with E-state index in [0.29, 0.717) is 0 Å². The molecule has 1 rings (SSSR count). The molecular formula is C19H36O3Si. The molecule has 1 aliphatic carbocycles. The summed E-state index contributed by atoms with van der Waals surface area (Å²) in [5.41, 5.74) is 1.60. The van der Waals surface area contributed by atoms with E-state index in [2.05, 4.69) is 25.2 Å².